The van der Waals surface area contributed by atoms with Crippen LogP contribution in [0.15, 0.2) is 55.0 Å². The number of hydrogen-bond donors (Lipinski definition) is 2. The summed E-state index contributed by atoms with van der Waals surface area (Å²) >= 11 is 0. The fourth-order valence-electron chi connectivity index (χ4n) is 6.01. The van der Waals surface area contributed by atoms with Crippen LogP contribution in [0.1, 0.15) is 53.8 Å². The summed E-state index contributed by atoms with van der Waals surface area (Å²) in [5, 5.41) is 14.5. The molecule has 39 heavy (non-hydrogen) atoms. The largest absolute Gasteiger partial charge is 0.361 e. The van der Waals surface area contributed by atoms with Crippen molar-refractivity contribution in [3.63, 3.8) is 0 Å². The molecule has 7 nitrogen and oxygen atoms in total. The number of anilines is 2. The third-order valence-electron chi connectivity index (χ3n) is 8.22. The van der Waals surface area contributed by atoms with Gasteiger partial charge in [-0.3, -0.25) is 14.9 Å². The number of aromatic amines is 1. The Hall–Kier alpha value is -3.99. The molecule has 2 saturated heterocycles. The summed E-state index contributed by atoms with van der Waals surface area (Å²) in [6.07, 6.45) is 14.6. The molecule has 0 unspecified atom stereocenters. The van der Waals surface area contributed by atoms with Crippen molar-refractivity contribution in [2.24, 2.45) is 0 Å². The summed E-state index contributed by atoms with van der Waals surface area (Å²) in [6, 6.07) is 15.5. The summed E-state index contributed by atoms with van der Waals surface area (Å²) in [6.45, 7) is 7.81. The minimum atomic E-state index is 0.504. The standard InChI is InChI=1S/C32H35N7/c1-23-29-11-14-35-31(29)10-9-30(23)37-32-24(20-34-21-25(32)19-33)7-8-26-5-4-6-27(36-26)22-38-17-12-28(13-18-38)39-15-2-3-16-39/h4-11,14,20-21,28,35H,2-3,12-13,15-18,22H2,1H3,(H,34,37). The number of benzene rings is 1. The minimum absolute atomic E-state index is 0.504. The molecule has 0 saturated carbocycles. The number of piperidine rings is 1. The molecular weight excluding hydrogens is 482 g/mol. The van der Waals surface area contributed by atoms with Crippen LogP contribution in [0, 0.1) is 18.3 Å². The van der Waals surface area contributed by atoms with Crippen molar-refractivity contribution in [1.29, 1.82) is 5.26 Å². The Morgan fingerprint density at radius 1 is 1.05 bits per heavy atom. The van der Waals surface area contributed by atoms with Crippen LogP contribution in [0.4, 0.5) is 11.4 Å². The molecule has 0 bridgehead atoms. The highest BCUT2D eigenvalue weighted by Crippen LogP contribution is 2.31. The molecule has 7 heteroatoms. The Morgan fingerprint density at radius 2 is 1.90 bits per heavy atom. The van der Waals surface area contributed by atoms with Crippen LogP contribution in [-0.4, -0.2) is 57.0 Å². The quantitative estimate of drug-likeness (QED) is 0.308. The molecule has 0 spiro atoms. The maximum absolute atomic E-state index is 9.81. The number of hydrogen-bond acceptors (Lipinski definition) is 6. The molecule has 2 fully saturated rings. The normalized spacial score (nSPS) is 17.2. The monoisotopic (exact) mass is 517 g/mol. The van der Waals surface area contributed by atoms with E-state index < -0.39 is 0 Å². The summed E-state index contributed by atoms with van der Waals surface area (Å²) in [7, 11) is 0. The topological polar surface area (TPSA) is 83.9 Å². The fourth-order valence-corrected chi connectivity index (χ4v) is 6.01. The van der Waals surface area contributed by atoms with Crippen molar-refractivity contribution in [2.75, 3.05) is 31.5 Å². The molecule has 0 amide bonds. The molecule has 4 aromatic rings. The first kappa shape index (κ1) is 25.3. The molecule has 3 aromatic heterocycles. The molecule has 0 atom stereocenters. The maximum atomic E-state index is 9.81. The van der Waals surface area contributed by atoms with Gasteiger partial charge in [0.05, 0.1) is 22.6 Å². The second kappa shape index (κ2) is 11.4. The Kier molecular flexibility index (Phi) is 7.40. The number of pyridine rings is 2. The second-order valence-electron chi connectivity index (χ2n) is 10.7. The minimum Gasteiger partial charge on any atom is -0.361 e. The van der Waals surface area contributed by atoms with Gasteiger partial charge < -0.3 is 15.2 Å². The van der Waals surface area contributed by atoms with Gasteiger partial charge in [-0.2, -0.15) is 5.26 Å². The number of nitriles is 1. The van der Waals surface area contributed by atoms with E-state index >= 15 is 0 Å². The van der Waals surface area contributed by atoms with Crippen molar-refractivity contribution >= 4 is 34.4 Å². The van der Waals surface area contributed by atoms with Gasteiger partial charge in [-0.1, -0.05) is 6.07 Å². The van der Waals surface area contributed by atoms with Crippen molar-refractivity contribution in [3.8, 4) is 6.07 Å². The highest BCUT2D eigenvalue weighted by Gasteiger charge is 2.26. The molecular formula is C32H35N7. The van der Waals surface area contributed by atoms with E-state index in [0.717, 1.165) is 70.5 Å². The van der Waals surface area contributed by atoms with E-state index in [2.05, 4.69) is 62.3 Å². The predicted octanol–water partition coefficient (Wildman–Crippen LogP) is 6.11. The summed E-state index contributed by atoms with van der Waals surface area (Å²) in [4.78, 5) is 17.7. The zero-order valence-electron chi connectivity index (χ0n) is 22.5. The molecule has 2 N–H and O–H groups in total. The van der Waals surface area contributed by atoms with E-state index in [1.807, 2.05) is 30.5 Å². The lowest BCUT2D eigenvalue weighted by Crippen LogP contribution is -2.43. The molecule has 2 aliphatic rings. The lowest BCUT2D eigenvalue weighted by Gasteiger charge is -2.36. The van der Waals surface area contributed by atoms with E-state index in [9.17, 15) is 5.26 Å². The van der Waals surface area contributed by atoms with Gasteiger partial charge in [0.2, 0.25) is 0 Å². The first-order valence-corrected chi connectivity index (χ1v) is 14.0. The molecule has 2 aliphatic heterocycles. The lowest BCUT2D eigenvalue weighted by molar-refractivity contribution is 0.122. The van der Waals surface area contributed by atoms with Crippen LogP contribution >= 0.6 is 0 Å². The van der Waals surface area contributed by atoms with Crippen molar-refractivity contribution in [3.05, 3.63) is 83.1 Å². The SMILES string of the molecule is Cc1c(Nc2c(C#N)cncc2C=Cc2cccc(CN3CCC(N4CCCC4)CC3)n2)ccc2[nH]ccc12. The summed E-state index contributed by atoms with van der Waals surface area (Å²) < 4.78 is 0. The first-order chi connectivity index (χ1) is 19.2. The number of likely N-dealkylation sites (tertiary alicyclic amines) is 2. The number of nitrogens with one attached hydrogen (secondary N) is 2. The summed E-state index contributed by atoms with van der Waals surface area (Å²) in [5.41, 5.74) is 7.28. The second-order valence-corrected chi connectivity index (χ2v) is 10.7. The van der Waals surface area contributed by atoms with Gasteiger partial charge in [0.1, 0.15) is 6.07 Å². The zero-order valence-corrected chi connectivity index (χ0v) is 22.5. The van der Waals surface area contributed by atoms with Crippen LogP contribution in [0.3, 0.4) is 0 Å². The Labute approximate surface area is 230 Å². The van der Waals surface area contributed by atoms with Gasteiger partial charge in [0, 0.05) is 66.4 Å². The van der Waals surface area contributed by atoms with Crippen LogP contribution in [-0.2, 0) is 6.54 Å². The van der Waals surface area contributed by atoms with Gasteiger partial charge in [-0.05, 0) is 93.7 Å². The smallest absolute Gasteiger partial charge is 0.103 e. The first-order valence-electron chi connectivity index (χ1n) is 14.0. The maximum Gasteiger partial charge on any atom is 0.103 e. The molecule has 198 valence electrons. The van der Waals surface area contributed by atoms with Gasteiger partial charge in [0.15, 0.2) is 0 Å². The van der Waals surface area contributed by atoms with E-state index in [1.54, 1.807) is 12.4 Å². The zero-order chi connectivity index (χ0) is 26.6. The van der Waals surface area contributed by atoms with Gasteiger partial charge >= 0.3 is 0 Å². The number of nitrogens with zero attached hydrogens (tertiary/aromatic N) is 5. The average molecular weight is 518 g/mol. The van der Waals surface area contributed by atoms with Gasteiger partial charge in [-0.25, -0.2) is 0 Å². The van der Waals surface area contributed by atoms with Crippen LogP contribution in [0.25, 0.3) is 23.1 Å². The number of H-pyrrole nitrogens is 1. The predicted molar refractivity (Wildman–Crippen MR) is 158 cm³/mol. The van der Waals surface area contributed by atoms with Crippen molar-refractivity contribution < 1.29 is 0 Å². The highest BCUT2D eigenvalue weighted by molar-refractivity contribution is 5.90. The van der Waals surface area contributed by atoms with Crippen molar-refractivity contribution in [1.82, 2.24) is 24.8 Å². The third kappa shape index (κ3) is 5.58. The molecule has 1 aromatic carbocycles. The number of fused-ring (bicyclic) bond motifs is 1. The van der Waals surface area contributed by atoms with Crippen LogP contribution < -0.4 is 5.32 Å². The van der Waals surface area contributed by atoms with E-state index in [1.165, 1.54) is 38.8 Å². The number of aromatic nitrogens is 3. The Bertz CT molecular complexity index is 1520. The van der Waals surface area contributed by atoms with Crippen LogP contribution in [0.5, 0.6) is 0 Å². The van der Waals surface area contributed by atoms with Crippen molar-refractivity contribution in [2.45, 2.75) is 45.2 Å². The summed E-state index contributed by atoms with van der Waals surface area (Å²) in [5.74, 6) is 0. The van der Waals surface area contributed by atoms with Crippen LogP contribution in [0.2, 0.25) is 0 Å². The molecule has 0 aliphatic carbocycles. The van der Waals surface area contributed by atoms with E-state index in [4.69, 9.17) is 4.98 Å². The number of rotatable bonds is 7. The van der Waals surface area contributed by atoms with E-state index in [-0.39, 0.29) is 0 Å². The third-order valence-corrected chi connectivity index (χ3v) is 8.22. The fraction of sp³-hybridized carbons (Fsp3) is 0.344. The van der Waals surface area contributed by atoms with Gasteiger partial charge in [-0.15, -0.1) is 0 Å². The highest BCUT2D eigenvalue weighted by atomic mass is 15.2. The average Bonchev–Trinajstić information content (AvgIpc) is 3.68. The molecule has 6 rings (SSSR count). The Morgan fingerprint density at radius 3 is 2.72 bits per heavy atom. The number of aryl methyl sites for hydroxylation is 1. The Balaban J connectivity index is 1.17. The molecule has 0 radical (unpaired) electrons. The van der Waals surface area contributed by atoms with E-state index in [0.29, 0.717) is 5.56 Å². The lowest BCUT2D eigenvalue weighted by atomic mass is 10.0. The van der Waals surface area contributed by atoms with Gasteiger partial charge in [0.25, 0.3) is 0 Å². The molecule has 5 heterocycles.